The summed E-state index contributed by atoms with van der Waals surface area (Å²) in [5.41, 5.74) is -5.63. The fraction of sp³-hybridized carbons (Fsp3) is 0.364. The van der Waals surface area contributed by atoms with Crippen LogP contribution < -0.4 is 8.92 Å². The number of carbonyl (C=O) groups excluding carboxylic acids is 1. The minimum Gasteiger partial charge on any atom is -0.496 e. The number of methoxy groups -OCH3 is 1. The highest BCUT2D eigenvalue weighted by Crippen LogP contribution is 2.30. The van der Waals surface area contributed by atoms with Crippen molar-refractivity contribution in [1.29, 1.82) is 0 Å². The zero-order valence-corrected chi connectivity index (χ0v) is 11.7. The van der Waals surface area contributed by atoms with Gasteiger partial charge in [-0.05, 0) is 19.1 Å². The van der Waals surface area contributed by atoms with Gasteiger partial charge in [-0.15, -0.1) is 0 Å². The van der Waals surface area contributed by atoms with Crippen LogP contribution in [0.1, 0.15) is 17.3 Å². The summed E-state index contributed by atoms with van der Waals surface area (Å²) in [6, 6.07) is 2.77. The fourth-order valence-electron chi connectivity index (χ4n) is 1.27. The molecule has 0 fully saturated rings. The lowest BCUT2D eigenvalue weighted by atomic mass is 10.2. The summed E-state index contributed by atoms with van der Waals surface area (Å²) in [7, 11) is -4.64. The molecule has 0 atom stereocenters. The van der Waals surface area contributed by atoms with Crippen LogP contribution in [0.15, 0.2) is 18.2 Å². The summed E-state index contributed by atoms with van der Waals surface area (Å²) < 4.78 is 71.7. The van der Waals surface area contributed by atoms with Gasteiger partial charge >= 0.3 is 21.6 Å². The van der Waals surface area contributed by atoms with Gasteiger partial charge in [-0.25, -0.2) is 4.79 Å². The Labute approximate surface area is 118 Å². The van der Waals surface area contributed by atoms with Gasteiger partial charge < -0.3 is 13.7 Å². The van der Waals surface area contributed by atoms with Crippen LogP contribution in [0, 0.1) is 0 Å². The van der Waals surface area contributed by atoms with Crippen LogP contribution >= 0.6 is 0 Å². The number of halogens is 3. The molecule has 0 aromatic heterocycles. The standard InChI is InChI=1S/C11H11F3O6S/c1-3-19-10(15)8-5-4-7(6-9(8)18-2)20-21(16,17)11(12,13)14/h4-6H,3H2,1-2H3. The van der Waals surface area contributed by atoms with Crippen LogP contribution in [-0.2, 0) is 14.9 Å². The molecule has 0 amide bonds. The van der Waals surface area contributed by atoms with Crippen LogP contribution in [0.4, 0.5) is 13.2 Å². The van der Waals surface area contributed by atoms with Crippen molar-refractivity contribution in [3.63, 3.8) is 0 Å². The highest BCUT2D eigenvalue weighted by Gasteiger charge is 2.48. The Morgan fingerprint density at radius 3 is 2.38 bits per heavy atom. The lowest BCUT2D eigenvalue weighted by Gasteiger charge is -2.12. The smallest absolute Gasteiger partial charge is 0.496 e. The second-order valence-electron chi connectivity index (χ2n) is 3.57. The summed E-state index contributed by atoms with van der Waals surface area (Å²) >= 11 is 0. The first-order valence-corrected chi connectivity index (χ1v) is 6.89. The van der Waals surface area contributed by atoms with Gasteiger partial charge in [-0.3, -0.25) is 0 Å². The first-order chi connectivity index (χ1) is 9.62. The summed E-state index contributed by atoms with van der Waals surface area (Å²) in [5, 5.41) is 0. The molecule has 1 aromatic rings. The van der Waals surface area contributed by atoms with E-state index in [9.17, 15) is 26.4 Å². The molecule has 6 nitrogen and oxygen atoms in total. The van der Waals surface area contributed by atoms with Crippen molar-refractivity contribution in [1.82, 2.24) is 0 Å². The SMILES string of the molecule is CCOC(=O)c1ccc(OS(=O)(=O)C(F)(F)F)cc1OC. The predicted molar refractivity (Wildman–Crippen MR) is 64.6 cm³/mol. The molecular weight excluding hydrogens is 317 g/mol. The van der Waals surface area contributed by atoms with E-state index in [4.69, 9.17) is 9.47 Å². The molecule has 118 valence electrons. The molecule has 0 saturated carbocycles. The molecule has 1 aromatic carbocycles. The largest absolute Gasteiger partial charge is 0.534 e. The molecule has 0 saturated heterocycles. The second-order valence-corrected chi connectivity index (χ2v) is 5.10. The molecule has 0 heterocycles. The van der Waals surface area contributed by atoms with Crippen LogP contribution in [0.3, 0.4) is 0 Å². The number of alkyl halides is 3. The average Bonchev–Trinajstić information content (AvgIpc) is 2.37. The minimum atomic E-state index is -5.79. The number of rotatable bonds is 5. The van der Waals surface area contributed by atoms with Crippen LogP contribution in [0.2, 0.25) is 0 Å². The van der Waals surface area contributed by atoms with E-state index in [1.165, 1.54) is 0 Å². The van der Waals surface area contributed by atoms with Crippen LogP contribution in [0.5, 0.6) is 11.5 Å². The number of ether oxygens (including phenoxy) is 2. The Balaban J connectivity index is 3.12. The monoisotopic (exact) mass is 328 g/mol. The normalized spacial score (nSPS) is 11.9. The molecule has 0 aliphatic carbocycles. The predicted octanol–water partition coefficient (Wildman–Crippen LogP) is 2.10. The third kappa shape index (κ3) is 4.00. The maximum absolute atomic E-state index is 12.2. The highest BCUT2D eigenvalue weighted by molar-refractivity contribution is 7.88. The number of hydrogen-bond acceptors (Lipinski definition) is 6. The number of carbonyl (C=O) groups is 1. The van der Waals surface area contributed by atoms with E-state index >= 15 is 0 Å². The van der Waals surface area contributed by atoms with Crippen molar-refractivity contribution < 1.29 is 40.0 Å². The van der Waals surface area contributed by atoms with Gasteiger partial charge in [-0.2, -0.15) is 21.6 Å². The van der Waals surface area contributed by atoms with Crippen molar-refractivity contribution in [2.45, 2.75) is 12.4 Å². The minimum absolute atomic E-state index is 0.0730. The highest BCUT2D eigenvalue weighted by atomic mass is 32.2. The van der Waals surface area contributed by atoms with E-state index in [-0.39, 0.29) is 17.9 Å². The number of esters is 1. The molecule has 0 unspecified atom stereocenters. The van der Waals surface area contributed by atoms with Crippen molar-refractivity contribution in [2.24, 2.45) is 0 Å². The van der Waals surface area contributed by atoms with Gasteiger partial charge in [0.25, 0.3) is 0 Å². The van der Waals surface area contributed by atoms with E-state index in [1.54, 1.807) is 6.92 Å². The van der Waals surface area contributed by atoms with Crippen molar-refractivity contribution in [3.8, 4) is 11.5 Å². The zero-order valence-electron chi connectivity index (χ0n) is 10.9. The fourth-order valence-corrected chi connectivity index (χ4v) is 1.73. The van der Waals surface area contributed by atoms with E-state index < -0.39 is 27.3 Å². The van der Waals surface area contributed by atoms with Gasteiger partial charge in [-0.1, -0.05) is 0 Å². The summed E-state index contributed by atoms with van der Waals surface area (Å²) in [6.07, 6.45) is 0. The quantitative estimate of drug-likeness (QED) is 0.468. The summed E-state index contributed by atoms with van der Waals surface area (Å²) in [4.78, 5) is 11.5. The van der Waals surface area contributed by atoms with Crippen molar-refractivity contribution >= 4 is 16.1 Å². The van der Waals surface area contributed by atoms with E-state index in [1.807, 2.05) is 0 Å². The summed E-state index contributed by atoms with van der Waals surface area (Å²) in [6.45, 7) is 1.65. The lowest BCUT2D eigenvalue weighted by Crippen LogP contribution is -2.28. The molecular formula is C11H11F3O6S. The average molecular weight is 328 g/mol. The maximum Gasteiger partial charge on any atom is 0.534 e. The number of benzene rings is 1. The Bertz CT molecular complexity index is 623. The molecule has 0 N–H and O–H groups in total. The topological polar surface area (TPSA) is 78.9 Å². The van der Waals surface area contributed by atoms with Crippen LogP contribution in [-0.4, -0.2) is 33.6 Å². The lowest BCUT2D eigenvalue weighted by molar-refractivity contribution is -0.0500. The third-order valence-corrected chi connectivity index (χ3v) is 3.14. The second kappa shape index (κ2) is 6.20. The Hall–Kier alpha value is -1.97. The van der Waals surface area contributed by atoms with Crippen LogP contribution in [0.25, 0.3) is 0 Å². The van der Waals surface area contributed by atoms with Crippen molar-refractivity contribution in [2.75, 3.05) is 13.7 Å². The zero-order chi connectivity index (χ0) is 16.3. The first-order valence-electron chi connectivity index (χ1n) is 5.48. The van der Waals surface area contributed by atoms with E-state index in [2.05, 4.69) is 4.18 Å². The molecule has 0 aliphatic heterocycles. The summed E-state index contributed by atoms with van der Waals surface area (Å²) in [5.74, 6) is -1.58. The van der Waals surface area contributed by atoms with Gasteiger partial charge in [0.15, 0.2) is 0 Å². The molecule has 0 bridgehead atoms. The molecule has 0 aliphatic rings. The molecule has 10 heteroatoms. The first kappa shape index (κ1) is 17.1. The Kier molecular flexibility index (Phi) is 5.05. The molecule has 0 radical (unpaired) electrons. The molecule has 0 spiro atoms. The Morgan fingerprint density at radius 1 is 1.29 bits per heavy atom. The van der Waals surface area contributed by atoms with E-state index in [0.717, 1.165) is 25.3 Å². The maximum atomic E-state index is 12.2. The van der Waals surface area contributed by atoms with Gasteiger partial charge in [0.05, 0.1) is 13.7 Å². The van der Waals surface area contributed by atoms with Crippen molar-refractivity contribution in [3.05, 3.63) is 23.8 Å². The van der Waals surface area contributed by atoms with Gasteiger partial charge in [0, 0.05) is 6.07 Å². The molecule has 21 heavy (non-hydrogen) atoms. The van der Waals surface area contributed by atoms with E-state index in [0.29, 0.717) is 0 Å². The number of hydrogen-bond donors (Lipinski definition) is 0. The molecule has 1 rings (SSSR count). The van der Waals surface area contributed by atoms with Gasteiger partial charge in [0.2, 0.25) is 0 Å². The Morgan fingerprint density at radius 2 is 1.90 bits per heavy atom. The third-order valence-electron chi connectivity index (χ3n) is 2.16. The van der Waals surface area contributed by atoms with Gasteiger partial charge in [0.1, 0.15) is 17.1 Å².